The summed E-state index contributed by atoms with van der Waals surface area (Å²) < 4.78 is 22.6. The summed E-state index contributed by atoms with van der Waals surface area (Å²) in [5, 5.41) is 2.96. The SMILES string of the molecule is C/C=C\[C@@H]1C[C@H](C(=O)OC(C)(C)C)N(C(=O)OC(C)(C)C)[C@H]1[C@@H](NC(C)=O)[C@](C)(COC)OC. The fourth-order valence-electron chi connectivity index (χ4n) is 4.30. The molecule has 1 fully saturated rings. The van der Waals surface area contributed by atoms with Crippen LogP contribution in [0.2, 0.25) is 0 Å². The minimum atomic E-state index is -1.01. The molecule has 0 unspecified atom stereocenters. The molecule has 5 atom stereocenters. The van der Waals surface area contributed by atoms with E-state index in [1.807, 2.05) is 19.1 Å². The number of allylic oxidation sites excluding steroid dienone is 1. The van der Waals surface area contributed by atoms with Gasteiger partial charge in [-0.05, 0) is 61.8 Å². The van der Waals surface area contributed by atoms with Crippen molar-refractivity contribution in [3.8, 4) is 0 Å². The second-order valence-electron chi connectivity index (χ2n) is 11.0. The van der Waals surface area contributed by atoms with Crippen molar-refractivity contribution in [2.24, 2.45) is 5.92 Å². The van der Waals surface area contributed by atoms with Crippen LogP contribution in [-0.4, -0.2) is 78.6 Å². The number of carbonyl (C=O) groups is 3. The maximum absolute atomic E-state index is 13.6. The third kappa shape index (κ3) is 7.98. The second-order valence-corrected chi connectivity index (χ2v) is 11.0. The number of hydrogen-bond acceptors (Lipinski definition) is 7. The molecule has 1 aliphatic rings. The van der Waals surface area contributed by atoms with Crippen molar-refractivity contribution in [1.29, 1.82) is 0 Å². The maximum atomic E-state index is 13.6. The van der Waals surface area contributed by atoms with Crippen LogP contribution in [0.5, 0.6) is 0 Å². The molecule has 9 heteroatoms. The molecule has 1 N–H and O–H groups in total. The average molecular weight is 485 g/mol. The summed E-state index contributed by atoms with van der Waals surface area (Å²) in [6.07, 6.45) is 3.45. The van der Waals surface area contributed by atoms with Gasteiger partial charge in [0.05, 0.1) is 18.7 Å². The lowest BCUT2D eigenvalue weighted by atomic mass is 9.83. The van der Waals surface area contributed by atoms with Gasteiger partial charge in [0.1, 0.15) is 22.8 Å². The van der Waals surface area contributed by atoms with Gasteiger partial charge in [0.15, 0.2) is 0 Å². The summed E-state index contributed by atoms with van der Waals surface area (Å²) in [5.41, 5.74) is -2.54. The Labute approximate surface area is 204 Å². The quantitative estimate of drug-likeness (QED) is 0.416. The predicted molar refractivity (Wildman–Crippen MR) is 129 cm³/mol. The van der Waals surface area contributed by atoms with E-state index in [-0.39, 0.29) is 18.4 Å². The lowest BCUT2D eigenvalue weighted by Gasteiger charge is -2.44. The van der Waals surface area contributed by atoms with E-state index in [2.05, 4.69) is 5.32 Å². The van der Waals surface area contributed by atoms with E-state index in [0.29, 0.717) is 6.42 Å². The summed E-state index contributed by atoms with van der Waals surface area (Å²) in [6.45, 7) is 15.8. The molecule has 34 heavy (non-hydrogen) atoms. The van der Waals surface area contributed by atoms with Crippen molar-refractivity contribution in [3.05, 3.63) is 12.2 Å². The number of nitrogens with zero attached hydrogens (tertiary/aromatic N) is 1. The Morgan fingerprint density at radius 1 is 1.03 bits per heavy atom. The first kappa shape index (κ1) is 29.9. The normalized spacial score (nSPS) is 24.0. The number of carbonyl (C=O) groups excluding carboxylic acids is 3. The Hall–Kier alpha value is -2.13. The Bertz CT molecular complexity index is 753. The molecule has 0 spiro atoms. The molecule has 2 amide bonds. The first-order valence-electron chi connectivity index (χ1n) is 11.7. The topological polar surface area (TPSA) is 103 Å². The van der Waals surface area contributed by atoms with Crippen LogP contribution in [0.1, 0.15) is 68.7 Å². The molecule has 0 bridgehead atoms. The highest BCUT2D eigenvalue weighted by molar-refractivity contribution is 5.83. The largest absolute Gasteiger partial charge is 0.458 e. The van der Waals surface area contributed by atoms with E-state index in [4.69, 9.17) is 18.9 Å². The van der Waals surface area contributed by atoms with Crippen LogP contribution in [-0.2, 0) is 28.5 Å². The summed E-state index contributed by atoms with van der Waals surface area (Å²) >= 11 is 0. The Morgan fingerprint density at radius 3 is 2.00 bits per heavy atom. The minimum absolute atomic E-state index is 0.146. The van der Waals surface area contributed by atoms with Gasteiger partial charge in [-0.2, -0.15) is 0 Å². The van der Waals surface area contributed by atoms with E-state index in [9.17, 15) is 14.4 Å². The van der Waals surface area contributed by atoms with Crippen LogP contribution in [0.4, 0.5) is 4.79 Å². The molecule has 1 saturated heterocycles. The first-order valence-corrected chi connectivity index (χ1v) is 11.7. The van der Waals surface area contributed by atoms with Crippen LogP contribution in [0.3, 0.4) is 0 Å². The number of ether oxygens (including phenoxy) is 4. The standard InChI is InChI=1S/C25H44N2O7/c1-12-13-17-14-18(21(29)33-23(3,4)5)27(22(30)34-24(6,7)8)19(17)20(26-16(2)28)25(9,32-11)15-31-10/h12-13,17-20H,14-15H2,1-11H3,(H,26,28)/b13-12-/t17-,18-,19-,20-,25+/m1/s1. The predicted octanol–water partition coefficient (Wildman–Crippen LogP) is 3.45. The third-order valence-corrected chi connectivity index (χ3v) is 5.57. The monoisotopic (exact) mass is 484 g/mol. The van der Waals surface area contributed by atoms with Crippen LogP contribution in [0, 0.1) is 5.92 Å². The maximum Gasteiger partial charge on any atom is 0.411 e. The van der Waals surface area contributed by atoms with Gasteiger partial charge in [0.2, 0.25) is 5.91 Å². The molecule has 1 heterocycles. The Balaban J connectivity index is 3.72. The molecule has 196 valence electrons. The number of likely N-dealkylation sites (tertiary alicyclic amines) is 1. The highest BCUT2D eigenvalue weighted by atomic mass is 16.6. The second kappa shape index (κ2) is 11.5. The first-order chi connectivity index (χ1) is 15.5. The van der Waals surface area contributed by atoms with Crippen molar-refractivity contribution in [2.45, 2.75) is 104 Å². The van der Waals surface area contributed by atoms with Gasteiger partial charge in [-0.25, -0.2) is 9.59 Å². The number of nitrogens with one attached hydrogen (secondary N) is 1. The van der Waals surface area contributed by atoms with E-state index in [1.165, 1.54) is 26.0 Å². The van der Waals surface area contributed by atoms with Crippen molar-refractivity contribution in [3.63, 3.8) is 0 Å². The lowest BCUT2D eigenvalue weighted by Crippen LogP contribution is -2.65. The number of amides is 2. The Kier molecular flexibility index (Phi) is 10.1. The number of hydrogen-bond donors (Lipinski definition) is 1. The van der Waals surface area contributed by atoms with Crippen LogP contribution in [0.15, 0.2) is 12.2 Å². The zero-order valence-electron chi connectivity index (χ0n) is 22.7. The van der Waals surface area contributed by atoms with Crippen molar-refractivity contribution in [1.82, 2.24) is 10.2 Å². The van der Waals surface area contributed by atoms with Crippen LogP contribution >= 0.6 is 0 Å². The zero-order valence-corrected chi connectivity index (χ0v) is 22.7. The number of rotatable bonds is 8. The highest BCUT2D eigenvalue weighted by Crippen LogP contribution is 2.39. The summed E-state index contributed by atoms with van der Waals surface area (Å²) in [6, 6.07) is -2.27. The van der Waals surface area contributed by atoms with Gasteiger partial charge >= 0.3 is 12.1 Å². The van der Waals surface area contributed by atoms with Gasteiger partial charge in [-0.1, -0.05) is 12.2 Å². The van der Waals surface area contributed by atoms with E-state index in [0.717, 1.165) is 0 Å². The molecule has 0 aromatic heterocycles. The molecule has 0 aliphatic carbocycles. The highest BCUT2D eigenvalue weighted by Gasteiger charge is 2.56. The molecule has 0 aromatic rings. The molecule has 0 aromatic carbocycles. The lowest BCUT2D eigenvalue weighted by molar-refractivity contribution is -0.161. The summed E-state index contributed by atoms with van der Waals surface area (Å²) in [4.78, 5) is 40.6. The van der Waals surface area contributed by atoms with Gasteiger partial charge < -0.3 is 24.3 Å². The molecule has 1 rings (SSSR count). The van der Waals surface area contributed by atoms with Crippen LogP contribution < -0.4 is 5.32 Å². The van der Waals surface area contributed by atoms with Crippen molar-refractivity contribution in [2.75, 3.05) is 20.8 Å². The third-order valence-electron chi connectivity index (χ3n) is 5.57. The number of esters is 1. The molecule has 9 nitrogen and oxygen atoms in total. The van der Waals surface area contributed by atoms with Crippen LogP contribution in [0.25, 0.3) is 0 Å². The van der Waals surface area contributed by atoms with Gasteiger partial charge in [0.25, 0.3) is 0 Å². The fourth-order valence-corrected chi connectivity index (χ4v) is 4.30. The summed E-state index contributed by atoms with van der Waals surface area (Å²) in [5.74, 6) is -1.10. The van der Waals surface area contributed by atoms with Gasteiger partial charge in [-0.3, -0.25) is 9.69 Å². The number of methoxy groups -OCH3 is 2. The van der Waals surface area contributed by atoms with Gasteiger partial charge in [-0.15, -0.1) is 0 Å². The smallest absolute Gasteiger partial charge is 0.411 e. The molecule has 0 radical (unpaired) electrons. The molecule has 1 aliphatic heterocycles. The average Bonchev–Trinajstić information content (AvgIpc) is 3.03. The van der Waals surface area contributed by atoms with E-state index >= 15 is 0 Å². The van der Waals surface area contributed by atoms with Crippen molar-refractivity contribution >= 4 is 18.0 Å². The molecule has 0 saturated carbocycles. The van der Waals surface area contributed by atoms with E-state index in [1.54, 1.807) is 48.5 Å². The fraction of sp³-hybridized carbons (Fsp3) is 0.800. The van der Waals surface area contributed by atoms with Crippen molar-refractivity contribution < 1.29 is 33.3 Å². The molecular weight excluding hydrogens is 440 g/mol. The van der Waals surface area contributed by atoms with E-state index < -0.39 is 47.0 Å². The Morgan fingerprint density at radius 2 is 1.59 bits per heavy atom. The summed E-state index contributed by atoms with van der Waals surface area (Å²) in [7, 11) is 3.06. The zero-order chi connectivity index (χ0) is 26.5. The van der Waals surface area contributed by atoms with Gasteiger partial charge in [0, 0.05) is 27.1 Å². The molecular formula is C25H44N2O7. The minimum Gasteiger partial charge on any atom is -0.458 e.